The van der Waals surface area contributed by atoms with Crippen LogP contribution in [-0.4, -0.2) is 40.7 Å². The normalized spacial score (nSPS) is 13.9. The molecule has 9 heteroatoms. The van der Waals surface area contributed by atoms with Gasteiger partial charge >= 0.3 is 0 Å². The number of nitro benzene ring substituents is 1. The summed E-state index contributed by atoms with van der Waals surface area (Å²) >= 11 is 0. The van der Waals surface area contributed by atoms with E-state index < -0.39 is 28.7 Å². The quantitative estimate of drug-likeness (QED) is 0.424. The number of rotatable bonds is 7. The van der Waals surface area contributed by atoms with Gasteiger partial charge in [0.2, 0.25) is 5.91 Å². The predicted molar refractivity (Wildman–Crippen MR) is 108 cm³/mol. The Morgan fingerprint density at radius 1 is 1.13 bits per heavy atom. The van der Waals surface area contributed by atoms with E-state index in [0.717, 1.165) is 4.90 Å². The molecular weight excluding hydrogens is 390 g/mol. The molecule has 1 N–H and O–H groups in total. The van der Waals surface area contributed by atoms with Gasteiger partial charge in [-0.05, 0) is 30.5 Å². The zero-order chi connectivity index (χ0) is 22.0. The molecule has 2 aromatic carbocycles. The number of carbonyl (C=O) groups excluding carboxylic acids is 3. The Morgan fingerprint density at radius 3 is 2.23 bits per heavy atom. The summed E-state index contributed by atoms with van der Waals surface area (Å²) in [5.74, 6) is -1.49. The first kappa shape index (κ1) is 21.0. The molecule has 1 aliphatic heterocycles. The number of methoxy groups -OCH3 is 1. The summed E-state index contributed by atoms with van der Waals surface area (Å²) < 4.78 is 5.18. The van der Waals surface area contributed by atoms with E-state index >= 15 is 0 Å². The summed E-state index contributed by atoms with van der Waals surface area (Å²) in [6.45, 7) is 3.73. The zero-order valence-electron chi connectivity index (χ0n) is 16.7. The molecule has 0 saturated heterocycles. The van der Waals surface area contributed by atoms with Gasteiger partial charge in [0, 0.05) is 12.1 Å². The second-order valence-electron chi connectivity index (χ2n) is 7.30. The maximum Gasteiger partial charge on any atom is 0.271 e. The smallest absolute Gasteiger partial charge is 0.271 e. The van der Waals surface area contributed by atoms with Crippen LogP contribution in [0.25, 0.3) is 0 Å². The largest absolute Gasteiger partial charge is 0.495 e. The van der Waals surface area contributed by atoms with Gasteiger partial charge in [-0.2, -0.15) is 0 Å². The SMILES string of the molecule is COc1ccc([N+](=O)[O-])cc1NC(=O)[C@@H](CC(C)C)N1C(=O)c2ccccc2C1=O. The fourth-order valence-electron chi connectivity index (χ4n) is 3.39. The molecule has 1 atom stereocenters. The number of non-ortho nitro benzene ring substituents is 1. The molecule has 0 bridgehead atoms. The minimum Gasteiger partial charge on any atom is -0.495 e. The number of amides is 3. The molecule has 156 valence electrons. The molecule has 0 fully saturated rings. The van der Waals surface area contributed by atoms with Crippen LogP contribution in [0.4, 0.5) is 11.4 Å². The highest BCUT2D eigenvalue weighted by Crippen LogP contribution is 2.31. The molecule has 2 aromatic rings. The Balaban J connectivity index is 1.95. The number of anilines is 1. The van der Waals surface area contributed by atoms with Gasteiger partial charge in [0.25, 0.3) is 17.5 Å². The van der Waals surface area contributed by atoms with E-state index in [4.69, 9.17) is 4.74 Å². The lowest BCUT2D eigenvalue weighted by molar-refractivity contribution is -0.384. The van der Waals surface area contributed by atoms with Crippen molar-refractivity contribution in [1.82, 2.24) is 4.90 Å². The van der Waals surface area contributed by atoms with Crippen LogP contribution in [0, 0.1) is 16.0 Å². The van der Waals surface area contributed by atoms with Crippen molar-refractivity contribution in [2.45, 2.75) is 26.3 Å². The molecule has 1 heterocycles. The topological polar surface area (TPSA) is 119 Å². The lowest BCUT2D eigenvalue weighted by Crippen LogP contribution is -2.48. The molecule has 3 amide bonds. The van der Waals surface area contributed by atoms with Gasteiger partial charge < -0.3 is 10.1 Å². The van der Waals surface area contributed by atoms with Crippen LogP contribution >= 0.6 is 0 Å². The van der Waals surface area contributed by atoms with E-state index in [0.29, 0.717) is 0 Å². The highest BCUT2D eigenvalue weighted by atomic mass is 16.6. The monoisotopic (exact) mass is 411 g/mol. The predicted octanol–water partition coefficient (Wildman–Crippen LogP) is 3.25. The lowest BCUT2D eigenvalue weighted by Gasteiger charge is -2.27. The minimum absolute atomic E-state index is 0.00272. The maximum absolute atomic E-state index is 13.1. The number of benzene rings is 2. The van der Waals surface area contributed by atoms with Gasteiger partial charge in [-0.1, -0.05) is 26.0 Å². The molecule has 3 rings (SSSR count). The van der Waals surface area contributed by atoms with Crippen molar-refractivity contribution in [1.29, 1.82) is 0 Å². The summed E-state index contributed by atoms with van der Waals surface area (Å²) in [5, 5.41) is 13.7. The standard InChI is InChI=1S/C21H21N3O6/c1-12(2)10-17(23-20(26)14-6-4-5-7-15(14)21(23)27)19(25)22-16-11-13(24(28)29)8-9-18(16)30-3/h4-9,11-12,17H,10H2,1-3H3,(H,22,25)/t17-/m1/s1. The third kappa shape index (κ3) is 3.86. The Hall–Kier alpha value is -3.75. The van der Waals surface area contributed by atoms with Crippen molar-refractivity contribution in [2.24, 2.45) is 5.92 Å². The van der Waals surface area contributed by atoms with Crippen LogP contribution in [0.3, 0.4) is 0 Å². The van der Waals surface area contributed by atoms with E-state index in [1.54, 1.807) is 24.3 Å². The van der Waals surface area contributed by atoms with Crippen molar-refractivity contribution >= 4 is 29.1 Å². The van der Waals surface area contributed by atoms with Crippen LogP contribution < -0.4 is 10.1 Å². The third-order valence-corrected chi connectivity index (χ3v) is 4.79. The van der Waals surface area contributed by atoms with Crippen LogP contribution in [0.2, 0.25) is 0 Å². The number of fused-ring (bicyclic) bond motifs is 1. The Kier molecular flexibility index (Phi) is 5.81. The summed E-state index contributed by atoms with van der Waals surface area (Å²) in [6.07, 6.45) is 0.231. The molecule has 0 aliphatic carbocycles. The molecule has 9 nitrogen and oxygen atoms in total. The number of ether oxygens (including phenoxy) is 1. The molecule has 0 aromatic heterocycles. The third-order valence-electron chi connectivity index (χ3n) is 4.79. The lowest BCUT2D eigenvalue weighted by atomic mass is 10.0. The minimum atomic E-state index is -1.08. The van der Waals surface area contributed by atoms with Crippen molar-refractivity contribution < 1.29 is 24.0 Å². The highest BCUT2D eigenvalue weighted by Gasteiger charge is 2.42. The van der Waals surface area contributed by atoms with Crippen LogP contribution in [-0.2, 0) is 4.79 Å². The fourth-order valence-corrected chi connectivity index (χ4v) is 3.39. The van der Waals surface area contributed by atoms with Gasteiger partial charge in [0.05, 0.1) is 28.8 Å². The van der Waals surface area contributed by atoms with Gasteiger partial charge in [-0.15, -0.1) is 0 Å². The average Bonchev–Trinajstić information content (AvgIpc) is 2.96. The Bertz CT molecular complexity index is 998. The molecule has 0 saturated carbocycles. The number of nitro groups is 1. The first-order chi connectivity index (χ1) is 14.2. The molecule has 0 spiro atoms. The number of hydrogen-bond donors (Lipinski definition) is 1. The van der Waals surface area contributed by atoms with Gasteiger partial charge in [-0.3, -0.25) is 29.4 Å². The summed E-state index contributed by atoms with van der Waals surface area (Å²) in [4.78, 5) is 50.3. The van der Waals surface area contributed by atoms with Crippen molar-refractivity contribution in [3.8, 4) is 5.75 Å². The average molecular weight is 411 g/mol. The van der Waals surface area contributed by atoms with Crippen molar-refractivity contribution in [2.75, 3.05) is 12.4 Å². The first-order valence-electron chi connectivity index (χ1n) is 9.34. The maximum atomic E-state index is 13.1. The van der Waals surface area contributed by atoms with Gasteiger partial charge in [-0.25, -0.2) is 0 Å². The van der Waals surface area contributed by atoms with Crippen LogP contribution in [0.5, 0.6) is 5.75 Å². The van der Waals surface area contributed by atoms with Gasteiger partial charge in [0.15, 0.2) is 0 Å². The summed E-state index contributed by atoms with van der Waals surface area (Å²) in [7, 11) is 1.37. The number of nitrogens with zero attached hydrogens (tertiary/aromatic N) is 2. The van der Waals surface area contributed by atoms with Crippen LogP contribution in [0.15, 0.2) is 42.5 Å². The molecular formula is C21H21N3O6. The Labute approximate surface area is 172 Å². The van der Waals surface area contributed by atoms with Gasteiger partial charge in [0.1, 0.15) is 11.8 Å². The summed E-state index contributed by atoms with van der Waals surface area (Å²) in [6, 6.07) is 9.11. The number of carbonyl (C=O) groups is 3. The molecule has 0 unspecified atom stereocenters. The molecule has 1 aliphatic rings. The van der Waals surface area contributed by atoms with Crippen LogP contribution in [0.1, 0.15) is 41.0 Å². The van der Waals surface area contributed by atoms with Crippen molar-refractivity contribution in [3.05, 3.63) is 63.7 Å². The number of hydrogen-bond acceptors (Lipinski definition) is 6. The van der Waals surface area contributed by atoms with E-state index in [2.05, 4.69) is 5.32 Å². The van der Waals surface area contributed by atoms with Crippen molar-refractivity contribution in [3.63, 3.8) is 0 Å². The first-order valence-corrected chi connectivity index (χ1v) is 9.34. The van der Waals surface area contributed by atoms with E-state index in [1.165, 1.54) is 25.3 Å². The number of nitrogens with one attached hydrogen (secondary N) is 1. The fraction of sp³-hybridized carbons (Fsp3) is 0.286. The second kappa shape index (κ2) is 8.32. The van der Waals surface area contributed by atoms with E-state index in [9.17, 15) is 24.5 Å². The van der Waals surface area contributed by atoms with E-state index in [1.807, 2.05) is 13.8 Å². The highest BCUT2D eigenvalue weighted by molar-refractivity contribution is 6.23. The molecule has 30 heavy (non-hydrogen) atoms. The zero-order valence-corrected chi connectivity index (χ0v) is 16.7. The Morgan fingerprint density at radius 2 is 1.73 bits per heavy atom. The second-order valence-corrected chi connectivity index (χ2v) is 7.30. The summed E-state index contributed by atoms with van der Waals surface area (Å²) in [5.41, 5.74) is 0.350. The number of imide groups is 1. The molecule has 0 radical (unpaired) electrons. The van der Waals surface area contributed by atoms with E-state index in [-0.39, 0.29) is 40.6 Å².